The highest BCUT2D eigenvalue weighted by atomic mass is 16.5. The van der Waals surface area contributed by atoms with E-state index in [4.69, 9.17) is 4.74 Å². The summed E-state index contributed by atoms with van der Waals surface area (Å²) in [5, 5.41) is 0. The molecule has 0 aromatic heterocycles. The monoisotopic (exact) mass is 359 g/mol. The fourth-order valence-corrected chi connectivity index (χ4v) is 4.07. The number of ether oxygens (including phenoxy) is 1. The molecule has 1 saturated carbocycles. The van der Waals surface area contributed by atoms with Gasteiger partial charge in [0.2, 0.25) is 5.91 Å². The van der Waals surface area contributed by atoms with Crippen LogP contribution in [0.2, 0.25) is 0 Å². The van der Waals surface area contributed by atoms with Crippen molar-refractivity contribution in [2.45, 2.75) is 78.2 Å². The molecule has 26 heavy (non-hydrogen) atoms. The highest BCUT2D eigenvalue weighted by Gasteiger charge is 2.32. The summed E-state index contributed by atoms with van der Waals surface area (Å²) in [6, 6.07) is 5.53. The van der Waals surface area contributed by atoms with Crippen LogP contribution in [0.3, 0.4) is 0 Å². The van der Waals surface area contributed by atoms with Gasteiger partial charge in [-0.1, -0.05) is 51.3 Å². The van der Waals surface area contributed by atoms with Gasteiger partial charge < -0.3 is 4.74 Å². The molecule has 0 N–H and O–H groups in total. The quantitative estimate of drug-likeness (QED) is 0.664. The molecule has 4 heteroatoms. The number of esters is 1. The summed E-state index contributed by atoms with van der Waals surface area (Å²) >= 11 is 0. The minimum absolute atomic E-state index is 0.0467. The van der Waals surface area contributed by atoms with Crippen molar-refractivity contribution in [2.24, 2.45) is 5.92 Å². The van der Waals surface area contributed by atoms with Crippen LogP contribution in [0.25, 0.3) is 0 Å². The minimum atomic E-state index is -0.617. The summed E-state index contributed by atoms with van der Waals surface area (Å²) in [5.74, 6) is 0.114. The number of aryl methyl sites for hydroxylation is 2. The van der Waals surface area contributed by atoms with Gasteiger partial charge in [-0.3, -0.25) is 9.69 Å². The van der Waals surface area contributed by atoms with Crippen LogP contribution >= 0.6 is 0 Å². The molecule has 0 aliphatic heterocycles. The summed E-state index contributed by atoms with van der Waals surface area (Å²) in [6.07, 6.45) is 8.07. The Morgan fingerprint density at radius 2 is 1.69 bits per heavy atom. The third-order valence-electron chi connectivity index (χ3n) is 5.59. The number of amides is 1. The molecular formula is C22H33NO3. The lowest BCUT2D eigenvalue weighted by molar-refractivity contribution is -0.143. The zero-order valence-corrected chi connectivity index (χ0v) is 16.7. The number of carbonyl (C=O) groups is 2. The molecular weight excluding hydrogens is 326 g/mol. The van der Waals surface area contributed by atoms with Gasteiger partial charge in [0.1, 0.15) is 6.04 Å². The molecule has 1 amide bonds. The van der Waals surface area contributed by atoms with Gasteiger partial charge in [-0.15, -0.1) is 0 Å². The normalized spacial score (nSPS) is 16.2. The number of methoxy groups -OCH3 is 1. The van der Waals surface area contributed by atoms with Crippen molar-refractivity contribution >= 4 is 17.6 Å². The Bertz CT molecular complexity index is 598. The van der Waals surface area contributed by atoms with Crippen LogP contribution < -0.4 is 4.90 Å². The first-order valence-corrected chi connectivity index (χ1v) is 10.0. The molecule has 0 spiro atoms. The van der Waals surface area contributed by atoms with Gasteiger partial charge in [0.25, 0.3) is 0 Å². The number of hydrogen-bond acceptors (Lipinski definition) is 3. The molecule has 0 bridgehead atoms. The largest absolute Gasteiger partial charge is 0.467 e. The van der Waals surface area contributed by atoms with E-state index in [9.17, 15) is 9.59 Å². The zero-order valence-electron chi connectivity index (χ0n) is 16.7. The molecule has 1 fully saturated rings. The highest BCUT2D eigenvalue weighted by molar-refractivity contribution is 6.00. The van der Waals surface area contributed by atoms with Crippen LogP contribution in [-0.4, -0.2) is 25.0 Å². The topological polar surface area (TPSA) is 46.6 Å². The first-order chi connectivity index (χ1) is 12.5. The number of nitrogens with zero attached hydrogens (tertiary/aromatic N) is 1. The van der Waals surface area contributed by atoms with E-state index in [-0.39, 0.29) is 11.9 Å². The minimum Gasteiger partial charge on any atom is -0.467 e. The summed E-state index contributed by atoms with van der Waals surface area (Å²) < 4.78 is 4.97. The summed E-state index contributed by atoms with van der Waals surface area (Å²) in [6.45, 7) is 5.95. The predicted octanol–water partition coefficient (Wildman–Crippen LogP) is 4.68. The number of hydrogen-bond donors (Lipinski definition) is 0. The van der Waals surface area contributed by atoms with Gasteiger partial charge in [0.05, 0.1) is 12.8 Å². The van der Waals surface area contributed by atoms with E-state index >= 15 is 0 Å². The lowest BCUT2D eigenvalue weighted by atomic mass is 9.86. The van der Waals surface area contributed by atoms with Gasteiger partial charge in [0, 0.05) is 6.42 Å². The van der Waals surface area contributed by atoms with E-state index in [0.717, 1.165) is 42.5 Å². The molecule has 1 aromatic rings. The highest BCUT2D eigenvalue weighted by Crippen LogP contribution is 2.32. The van der Waals surface area contributed by atoms with Crippen molar-refractivity contribution in [3.8, 4) is 0 Å². The Balaban J connectivity index is 2.41. The van der Waals surface area contributed by atoms with E-state index in [2.05, 4.69) is 26.0 Å². The van der Waals surface area contributed by atoms with E-state index < -0.39 is 6.04 Å². The molecule has 2 rings (SSSR count). The molecule has 1 unspecified atom stereocenters. The predicted molar refractivity (Wildman–Crippen MR) is 105 cm³/mol. The maximum atomic E-state index is 13.3. The van der Waals surface area contributed by atoms with Crippen molar-refractivity contribution in [3.05, 3.63) is 29.3 Å². The molecule has 4 nitrogen and oxygen atoms in total. The van der Waals surface area contributed by atoms with Crippen LogP contribution in [0.1, 0.15) is 70.4 Å². The van der Waals surface area contributed by atoms with Crippen molar-refractivity contribution in [3.63, 3.8) is 0 Å². The first-order valence-electron chi connectivity index (χ1n) is 10.0. The fourth-order valence-electron chi connectivity index (χ4n) is 4.07. The van der Waals surface area contributed by atoms with Gasteiger partial charge >= 0.3 is 5.97 Å². The number of para-hydroxylation sites is 1. The maximum absolute atomic E-state index is 13.3. The van der Waals surface area contributed by atoms with Crippen molar-refractivity contribution in [2.75, 3.05) is 12.0 Å². The average molecular weight is 360 g/mol. The third kappa shape index (κ3) is 4.66. The van der Waals surface area contributed by atoms with Gasteiger partial charge in [-0.25, -0.2) is 4.79 Å². The lowest BCUT2D eigenvalue weighted by Gasteiger charge is -2.33. The molecule has 1 atom stereocenters. The Kier molecular flexibility index (Phi) is 7.67. The maximum Gasteiger partial charge on any atom is 0.328 e. The van der Waals surface area contributed by atoms with Crippen molar-refractivity contribution in [1.82, 2.24) is 0 Å². The molecule has 0 heterocycles. The Morgan fingerprint density at radius 1 is 1.12 bits per heavy atom. The standard InChI is InChI=1S/C22H33NO3/c1-5-18-13-10-14-19(6-2)21(18)23(16(3)22(25)26-4)20(24)15-17-11-8-7-9-12-17/h10,13-14,16-17H,5-9,11-12,15H2,1-4H3. The molecule has 1 aliphatic rings. The molecule has 144 valence electrons. The van der Waals surface area contributed by atoms with E-state index in [1.165, 1.54) is 26.4 Å². The number of rotatable bonds is 7. The second-order valence-electron chi connectivity index (χ2n) is 7.30. The molecule has 1 aliphatic carbocycles. The number of benzene rings is 1. The van der Waals surface area contributed by atoms with Gasteiger partial charge in [-0.05, 0) is 49.7 Å². The molecule has 0 radical (unpaired) electrons. The van der Waals surface area contributed by atoms with Crippen LogP contribution in [0.15, 0.2) is 18.2 Å². The Labute approximate surface area is 157 Å². The average Bonchev–Trinajstić information content (AvgIpc) is 2.68. The van der Waals surface area contributed by atoms with Crippen LogP contribution in [0.5, 0.6) is 0 Å². The van der Waals surface area contributed by atoms with Gasteiger partial charge in [-0.2, -0.15) is 0 Å². The third-order valence-corrected chi connectivity index (χ3v) is 5.59. The van der Waals surface area contributed by atoms with Crippen molar-refractivity contribution in [1.29, 1.82) is 0 Å². The molecule has 0 saturated heterocycles. The number of anilines is 1. The Morgan fingerprint density at radius 3 is 2.19 bits per heavy atom. The first kappa shape index (κ1) is 20.5. The van der Waals surface area contributed by atoms with E-state index in [1.807, 2.05) is 6.07 Å². The summed E-state index contributed by atoms with van der Waals surface area (Å²) in [7, 11) is 1.38. The molecule has 1 aromatic carbocycles. The smallest absolute Gasteiger partial charge is 0.328 e. The van der Waals surface area contributed by atoms with E-state index in [0.29, 0.717) is 12.3 Å². The summed E-state index contributed by atoms with van der Waals surface area (Å²) in [5.41, 5.74) is 3.13. The second kappa shape index (κ2) is 9.75. The van der Waals surface area contributed by atoms with Crippen LogP contribution in [0, 0.1) is 5.92 Å². The van der Waals surface area contributed by atoms with Crippen molar-refractivity contribution < 1.29 is 14.3 Å². The Hall–Kier alpha value is -1.84. The lowest BCUT2D eigenvalue weighted by Crippen LogP contribution is -2.45. The van der Waals surface area contributed by atoms with Crippen LogP contribution in [0.4, 0.5) is 5.69 Å². The number of carbonyl (C=O) groups excluding carboxylic acids is 2. The zero-order chi connectivity index (χ0) is 19.1. The SMILES string of the molecule is CCc1cccc(CC)c1N(C(=O)CC1CCCCC1)C(C)C(=O)OC. The fraction of sp³-hybridized carbons (Fsp3) is 0.636. The second-order valence-corrected chi connectivity index (χ2v) is 7.30. The van der Waals surface area contributed by atoms with Gasteiger partial charge in [0.15, 0.2) is 0 Å². The summed E-state index contributed by atoms with van der Waals surface area (Å²) in [4.78, 5) is 27.4. The van der Waals surface area contributed by atoms with Crippen LogP contribution in [-0.2, 0) is 27.2 Å². The van der Waals surface area contributed by atoms with E-state index in [1.54, 1.807) is 11.8 Å².